The van der Waals surface area contributed by atoms with E-state index >= 15 is 0 Å². The molecular weight excluding hydrogens is 370 g/mol. The Morgan fingerprint density at radius 1 is 1.11 bits per heavy atom. The lowest BCUT2D eigenvalue weighted by Gasteiger charge is -2.06. The number of thiazole rings is 1. The second-order valence-corrected chi connectivity index (χ2v) is 8.26. The summed E-state index contributed by atoms with van der Waals surface area (Å²) in [5.74, 6) is -0.0822. The standard InChI is InChI=1S/C22H25N3O2S/c1-14(2)21(27)25-22-24-18-9-7-16(12-19(18)28-22)8-10-20(26)23-13-17-6-4-5-15(3)11-17/h4-7,9,11-12,14H,8,10,13H2,1-3H3,(H,23,26)(H,24,25,27). The number of hydrogen-bond acceptors (Lipinski definition) is 4. The van der Waals surface area contributed by atoms with Crippen molar-refractivity contribution >= 4 is 38.5 Å². The van der Waals surface area contributed by atoms with Crippen LogP contribution in [0.4, 0.5) is 5.13 Å². The highest BCUT2D eigenvalue weighted by Crippen LogP contribution is 2.27. The van der Waals surface area contributed by atoms with Crippen LogP contribution in [0.2, 0.25) is 0 Å². The van der Waals surface area contributed by atoms with Crippen LogP contribution in [0.25, 0.3) is 10.2 Å². The second-order valence-electron chi connectivity index (χ2n) is 7.23. The van der Waals surface area contributed by atoms with Gasteiger partial charge in [0.2, 0.25) is 11.8 Å². The first-order valence-corrected chi connectivity index (χ1v) is 10.2. The first-order valence-electron chi connectivity index (χ1n) is 9.43. The van der Waals surface area contributed by atoms with Crippen molar-refractivity contribution in [2.24, 2.45) is 5.92 Å². The minimum atomic E-state index is -0.0825. The highest BCUT2D eigenvalue weighted by molar-refractivity contribution is 7.22. The smallest absolute Gasteiger partial charge is 0.228 e. The Morgan fingerprint density at radius 2 is 1.93 bits per heavy atom. The summed E-state index contributed by atoms with van der Waals surface area (Å²) in [4.78, 5) is 28.4. The molecule has 0 atom stereocenters. The van der Waals surface area contributed by atoms with E-state index in [1.165, 1.54) is 16.9 Å². The first-order chi connectivity index (χ1) is 13.4. The summed E-state index contributed by atoms with van der Waals surface area (Å²) in [5.41, 5.74) is 4.24. The molecule has 1 aromatic heterocycles. The number of amides is 2. The molecule has 2 N–H and O–H groups in total. The Bertz CT molecular complexity index is 994. The topological polar surface area (TPSA) is 71.1 Å². The fourth-order valence-electron chi connectivity index (χ4n) is 2.80. The molecule has 0 saturated carbocycles. The lowest BCUT2D eigenvalue weighted by atomic mass is 10.1. The Kier molecular flexibility index (Phi) is 6.41. The molecule has 3 aromatic rings. The number of nitrogens with zero attached hydrogens (tertiary/aromatic N) is 1. The molecule has 0 spiro atoms. The lowest BCUT2D eigenvalue weighted by molar-refractivity contribution is -0.121. The lowest BCUT2D eigenvalue weighted by Crippen LogP contribution is -2.23. The third-order valence-corrected chi connectivity index (χ3v) is 5.35. The van der Waals surface area contributed by atoms with Crippen LogP contribution in [0.3, 0.4) is 0 Å². The van der Waals surface area contributed by atoms with Gasteiger partial charge >= 0.3 is 0 Å². The molecule has 6 heteroatoms. The van der Waals surface area contributed by atoms with Gasteiger partial charge in [0, 0.05) is 18.9 Å². The summed E-state index contributed by atoms with van der Waals surface area (Å²) in [6, 6.07) is 14.1. The molecule has 0 unspecified atom stereocenters. The van der Waals surface area contributed by atoms with Crippen LogP contribution in [0.5, 0.6) is 0 Å². The quantitative estimate of drug-likeness (QED) is 0.621. The second kappa shape index (κ2) is 8.97. The van der Waals surface area contributed by atoms with Crippen LogP contribution in [0.1, 0.15) is 37.0 Å². The normalized spacial score (nSPS) is 11.0. The number of anilines is 1. The third-order valence-electron chi connectivity index (χ3n) is 4.42. The predicted octanol–water partition coefficient (Wildman–Crippen LogP) is 4.45. The Labute approximate surface area is 169 Å². The minimum absolute atomic E-state index is 0.0374. The molecule has 0 bridgehead atoms. The number of benzene rings is 2. The van der Waals surface area contributed by atoms with Crippen molar-refractivity contribution in [2.75, 3.05) is 5.32 Å². The van der Waals surface area contributed by atoms with E-state index in [-0.39, 0.29) is 17.7 Å². The summed E-state index contributed by atoms with van der Waals surface area (Å²) < 4.78 is 1.01. The van der Waals surface area contributed by atoms with Crippen molar-refractivity contribution in [2.45, 2.75) is 40.2 Å². The number of hydrogen-bond donors (Lipinski definition) is 2. The average Bonchev–Trinajstić information content (AvgIpc) is 3.06. The zero-order valence-corrected chi connectivity index (χ0v) is 17.2. The van der Waals surface area contributed by atoms with Crippen LogP contribution < -0.4 is 10.6 Å². The van der Waals surface area contributed by atoms with Crippen LogP contribution in [-0.2, 0) is 22.6 Å². The molecule has 0 aliphatic heterocycles. The zero-order chi connectivity index (χ0) is 20.1. The van der Waals surface area contributed by atoms with Gasteiger partial charge in [-0.1, -0.05) is 61.1 Å². The number of carbonyl (C=O) groups excluding carboxylic acids is 2. The van der Waals surface area contributed by atoms with Crippen molar-refractivity contribution in [1.29, 1.82) is 0 Å². The van der Waals surface area contributed by atoms with E-state index < -0.39 is 0 Å². The average molecular weight is 396 g/mol. The Hall–Kier alpha value is -2.73. The fourth-order valence-corrected chi connectivity index (χ4v) is 3.73. The van der Waals surface area contributed by atoms with E-state index in [9.17, 15) is 9.59 Å². The van der Waals surface area contributed by atoms with Gasteiger partial charge in [0.05, 0.1) is 10.2 Å². The van der Waals surface area contributed by atoms with Gasteiger partial charge in [0.15, 0.2) is 5.13 Å². The van der Waals surface area contributed by atoms with Crippen molar-refractivity contribution < 1.29 is 9.59 Å². The zero-order valence-electron chi connectivity index (χ0n) is 16.4. The van der Waals surface area contributed by atoms with E-state index in [2.05, 4.69) is 21.7 Å². The molecule has 0 saturated heterocycles. The number of nitrogens with one attached hydrogen (secondary N) is 2. The largest absolute Gasteiger partial charge is 0.352 e. The van der Waals surface area contributed by atoms with Crippen molar-refractivity contribution in [3.05, 3.63) is 59.2 Å². The van der Waals surface area contributed by atoms with E-state index in [4.69, 9.17) is 0 Å². The summed E-state index contributed by atoms with van der Waals surface area (Å²) >= 11 is 1.46. The maximum atomic E-state index is 12.2. The number of aromatic nitrogens is 1. The molecule has 146 valence electrons. The van der Waals surface area contributed by atoms with Gasteiger partial charge in [-0.15, -0.1) is 0 Å². The van der Waals surface area contributed by atoms with E-state index in [0.29, 0.717) is 24.5 Å². The highest BCUT2D eigenvalue weighted by Gasteiger charge is 2.11. The molecule has 2 amide bonds. The van der Waals surface area contributed by atoms with Gasteiger partial charge in [-0.3, -0.25) is 9.59 Å². The molecule has 0 fully saturated rings. The molecule has 28 heavy (non-hydrogen) atoms. The summed E-state index contributed by atoms with van der Waals surface area (Å²) in [6.07, 6.45) is 1.11. The van der Waals surface area contributed by atoms with Crippen LogP contribution >= 0.6 is 11.3 Å². The molecular formula is C22H25N3O2S. The van der Waals surface area contributed by atoms with Crippen LogP contribution in [0.15, 0.2) is 42.5 Å². The fraction of sp³-hybridized carbons (Fsp3) is 0.318. The monoisotopic (exact) mass is 395 g/mol. The Morgan fingerprint density at radius 3 is 2.68 bits per heavy atom. The van der Waals surface area contributed by atoms with Crippen molar-refractivity contribution in [1.82, 2.24) is 10.3 Å². The summed E-state index contributed by atoms with van der Waals surface area (Å²) in [7, 11) is 0. The number of carbonyl (C=O) groups is 2. The summed E-state index contributed by atoms with van der Waals surface area (Å²) in [6.45, 7) is 6.30. The summed E-state index contributed by atoms with van der Waals surface area (Å²) in [5, 5.41) is 6.43. The molecule has 1 heterocycles. The molecule has 5 nitrogen and oxygen atoms in total. The Balaban J connectivity index is 1.55. The molecule has 2 aromatic carbocycles. The van der Waals surface area contributed by atoms with Gasteiger partial charge < -0.3 is 10.6 Å². The molecule has 0 aliphatic rings. The van der Waals surface area contributed by atoms with Gasteiger partial charge in [-0.2, -0.15) is 0 Å². The van der Waals surface area contributed by atoms with Crippen molar-refractivity contribution in [3.8, 4) is 0 Å². The molecule has 0 radical (unpaired) electrons. The molecule has 0 aliphatic carbocycles. The minimum Gasteiger partial charge on any atom is -0.352 e. The van der Waals surface area contributed by atoms with Gasteiger partial charge in [0.1, 0.15) is 0 Å². The van der Waals surface area contributed by atoms with E-state index in [0.717, 1.165) is 21.3 Å². The number of fused-ring (bicyclic) bond motifs is 1. The van der Waals surface area contributed by atoms with E-state index in [1.54, 1.807) is 0 Å². The maximum Gasteiger partial charge on any atom is 0.228 e. The van der Waals surface area contributed by atoms with Crippen LogP contribution in [-0.4, -0.2) is 16.8 Å². The van der Waals surface area contributed by atoms with Gasteiger partial charge in [-0.05, 0) is 36.6 Å². The highest BCUT2D eigenvalue weighted by atomic mass is 32.1. The van der Waals surface area contributed by atoms with Crippen LogP contribution in [0, 0.1) is 12.8 Å². The number of aryl methyl sites for hydroxylation is 2. The number of rotatable bonds is 7. The first kappa shape index (κ1) is 20.0. The maximum absolute atomic E-state index is 12.2. The SMILES string of the molecule is Cc1cccc(CNC(=O)CCc2ccc3nc(NC(=O)C(C)C)sc3c2)c1. The van der Waals surface area contributed by atoms with Crippen molar-refractivity contribution in [3.63, 3.8) is 0 Å². The third kappa shape index (κ3) is 5.39. The molecule has 3 rings (SSSR count). The predicted molar refractivity (Wildman–Crippen MR) is 114 cm³/mol. The van der Waals surface area contributed by atoms with Gasteiger partial charge in [-0.25, -0.2) is 4.98 Å². The van der Waals surface area contributed by atoms with Gasteiger partial charge in [0.25, 0.3) is 0 Å². The van der Waals surface area contributed by atoms with E-state index in [1.807, 2.05) is 57.2 Å².